The van der Waals surface area contributed by atoms with Gasteiger partial charge >= 0.3 is 6.18 Å². The fraction of sp³-hybridized carbons (Fsp3) is 0.167. The number of amides is 1. The molecule has 0 unspecified atom stereocenters. The van der Waals surface area contributed by atoms with Gasteiger partial charge in [0.05, 0.1) is 37.6 Å². The lowest BCUT2D eigenvalue weighted by Gasteiger charge is -2.12. The zero-order valence-electron chi connectivity index (χ0n) is 14.6. The van der Waals surface area contributed by atoms with Gasteiger partial charge in [-0.1, -0.05) is 0 Å². The van der Waals surface area contributed by atoms with Crippen LogP contribution in [0.3, 0.4) is 0 Å². The number of aromatic nitrogens is 3. The SMILES string of the molecule is COc1cc(C(=O)Nc2ccnc(C(F)(F)F)c2)cc(-n2cncc2CO)c1. The van der Waals surface area contributed by atoms with Crippen molar-refractivity contribution in [3.63, 3.8) is 0 Å². The first kappa shape index (κ1) is 19.4. The molecule has 2 heterocycles. The maximum absolute atomic E-state index is 12.8. The van der Waals surface area contributed by atoms with Crippen LogP contribution in [-0.2, 0) is 12.8 Å². The number of hydrogen-bond donors (Lipinski definition) is 2. The van der Waals surface area contributed by atoms with Gasteiger partial charge in [-0.3, -0.25) is 9.78 Å². The summed E-state index contributed by atoms with van der Waals surface area (Å²) in [5, 5.41) is 11.8. The summed E-state index contributed by atoms with van der Waals surface area (Å²) in [5.74, 6) is -0.281. The van der Waals surface area contributed by atoms with Gasteiger partial charge in [0.1, 0.15) is 11.4 Å². The van der Waals surface area contributed by atoms with E-state index >= 15 is 0 Å². The summed E-state index contributed by atoms with van der Waals surface area (Å²) in [6.45, 7) is -0.268. The van der Waals surface area contributed by atoms with E-state index in [1.54, 1.807) is 10.6 Å². The molecule has 10 heteroatoms. The minimum Gasteiger partial charge on any atom is -0.497 e. The number of aliphatic hydroxyl groups is 1. The van der Waals surface area contributed by atoms with Crippen molar-refractivity contribution in [3.05, 3.63) is 66.0 Å². The van der Waals surface area contributed by atoms with Crippen LogP contribution in [0.5, 0.6) is 5.75 Å². The van der Waals surface area contributed by atoms with Crippen molar-refractivity contribution in [2.45, 2.75) is 12.8 Å². The predicted molar refractivity (Wildman–Crippen MR) is 93.2 cm³/mol. The number of pyridine rings is 1. The average molecular weight is 392 g/mol. The molecule has 0 atom stereocenters. The molecular formula is C18H15F3N4O3. The summed E-state index contributed by atoms with van der Waals surface area (Å²) < 4.78 is 45.1. The number of methoxy groups -OCH3 is 1. The first-order chi connectivity index (χ1) is 13.3. The molecule has 2 N–H and O–H groups in total. The van der Waals surface area contributed by atoms with E-state index in [1.807, 2.05) is 0 Å². The quantitative estimate of drug-likeness (QED) is 0.697. The van der Waals surface area contributed by atoms with Crippen molar-refractivity contribution in [3.8, 4) is 11.4 Å². The van der Waals surface area contributed by atoms with Crippen LogP contribution in [0.1, 0.15) is 21.7 Å². The van der Waals surface area contributed by atoms with Crippen LogP contribution >= 0.6 is 0 Å². The van der Waals surface area contributed by atoms with Crippen molar-refractivity contribution >= 4 is 11.6 Å². The molecule has 0 spiro atoms. The fourth-order valence-corrected chi connectivity index (χ4v) is 2.51. The van der Waals surface area contributed by atoms with Gasteiger partial charge in [-0.2, -0.15) is 13.2 Å². The molecule has 28 heavy (non-hydrogen) atoms. The van der Waals surface area contributed by atoms with Crippen molar-refractivity contribution in [1.82, 2.24) is 14.5 Å². The second kappa shape index (κ2) is 7.69. The summed E-state index contributed by atoms with van der Waals surface area (Å²) in [6, 6.07) is 6.59. The number of nitrogens with one attached hydrogen (secondary N) is 1. The molecule has 0 saturated carbocycles. The standard InChI is InChI=1S/C18H15F3N4O3/c1-28-15-5-11(4-13(7-15)25-10-22-8-14(25)9-26)17(27)24-12-2-3-23-16(6-12)18(19,20)21/h2-8,10,26H,9H2,1H3,(H,23,24,27). The Kier molecular flexibility index (Phi) is 5.32. The number of hydrogen-bond acceptors (Lipinski definition) is 5. The molecule has 0 radical (unpaired) electrons. The van der Waals surface area contributed by atoms with Crippen LogP contribution in [0, 0.1) is 0 Å². The second-order valence-corrected chi connectivity index (χ2v) is 5.71. The van der Waals surface area contributed by atoms with E-state index in [-0.39, 0.29) is 17.9 Å². The third kappa shape index (κ3) is 4.12. The van der Waals surface area contributed by atoms with E-state index in [9.17, 15) is 23.1 Å². The molecule has 1 aromatic carbocycles. The monoisotopic (exact) mass is 392 g/mol. The second-order valence-electron chi connectivity index (χ2n) is 5.71. The fourth-order valence-electron chi connectivity index (χ4n) is 2.51. The number of alkyl halides is 3. The number of carbonyl (C=O) groups is 1. The zero-order chi connectivity index (χ0) is 20.3. The number of ether oxygens (including phenoxy) is 1. The Hall–Kier alpha value is -3.40. The summed E-state index contributed by atoms with van der Waals surface area (Å²) in [4.78, 5) is 19.8. The number of benzene rings is 1. The molecule has 146 valence electrons. The lowest BCUT2D eigenvalue weighted by molar-refractivity contribution is -0.141. The Labute approximate surface area is 157 Å². The van der Waals surface area contributed by atoms with Crippen LogP contribution in [-0.4, -0.2) is 32.7 Å². The largest absolute Gasteiger partial charge is 0.497 e. The Morgan fingerprint density at radius 3 is 2.75 bits per heavy atom. The van der Waals surface area contributed by atoms with Crippen LogP contribution in [0.25, 0.3) is 5.69 Å². The number of anilines is 1. The van der Waals surface area contributed by atoms with Gasteiger partial charge in [0.25, 0.3) is 5.91 Å². The first-order valence-corrected chi connectivity index (χ1v) is 7.98. The smallest absolute Gasteiger partial charge is 0.433 e. The summed E-state index contributed by atoms with van der Waals surface area (Å²) >= 11 is 0. The average Bonchev–Trinajstić information content (AvgIpc) is 3.16. The van der Waals surface area contributed by atoms with Crippen LogP contribution < -0.4 is 10.1 Å². The van der Waals surface area contributed by atoms with E-state index in [4.69, 9.17) is 4.74 Å². The highest BCUT2D eigenvalue weighted by Gasteiger charge is 2.32. The van der Waals surface area contributed by atoms with E-state index in [2.05, 4.69) is 15.3 Å². The van der Waals surface area contributed by atoms with Crippen molar-refractivity contribution in [2.75, 3.05) is 12.4 Å². The van der Waals surface area contributed by atoms with E-state index in [0.717, 1.165) is 12.3 Å². The van der Waals surface area contributed by atoms with Gasteiger partial charge in [-0.25, -0.2) is 4.98 Å². The third-order valence-corrected chi connectivity index (χ3v) is 3.85. The number of rotatable bonds is 5. The van der Waals surface area contributed by atoms with Gasteiger partial charge in [0.2, 0.25) is 0 Å². The number of aliphatic hydroxyl groups excluding tert-OH is 1. The number of nitrogens with zero attached hydrogens (tertiary/aromatic N) is 3. The normalized spacial score (nSPS) is 11.3. The molecule has 0 aliphatic carbocycles. The Morgan fingerprint density at radius 1 is 1.29 bits per heavy atom. The molecule has 0 bridgehead atoms. The molecule has 1 amide bonds. The molecule has 3 aromatic rings. The van der Waals surface area contributed by atoms with E-state index in [1.165, 1.54) is 37.8 Å². The molecule has 0 aliphatic rings. The highest BCUT2D eigenvalue weighted by molar-refractivity contribution is 6.04. The summed E-state index contributed by atoms with van der Waals surface area (Å²) in [6.07, 6.45) is -0.726. The topological polar surface area (TPSA) is 89.3 Å². The minimum absolute atomic E-state index is 0.0460. The highest BCUT2D eigenvalue weighted by atomic mass is 19.4. The Morgan fingerprint density at radius 2 is 2.07 bits per heavy atom. The lowest BCUT2D eigenvalue weighted by atomic mass is 10.1. The third-order valence-electron chi connectivity index (χ3n) is 3.85. The van der Waals surface area contributed by atoms with Crippen molar-refractivity contribution in [2.24, 2.45) is 0 Å². The molecule has 0 aliphatic heterocycles. The number of imidazole rings is 1. The molecule has 0 fully saturated rings. The minimum atomic E-state index is -4.62. The Balaban J connectivity index is 1.93. The molecular weight excluding hydrogens is 377 g/mol. The van der Waals surface area contributed by atoms with E-state index in [0.29, 0.717) is 17.1 Å². The molecule has 3 rings (SSSR count). The van der Waals surface area contributed by atoms with Gasteiger partial charge in [-0.05, 0) is 24.3 Å². The van der Waals surface area contributed by atoms with Crippen molar-refractivity contribution < 1.29 is 27.8 Å². The maximum atomic E-state index is 12.8. The van der Waals surface area contributed by atoms with Gasteiger partial charge in [-0.15, -0.1) is 0 Å². The lowest BCUT2D eigenvalue weighted by Crippen LogP contribution is -2.14. The first-order valence-electron chi connectivity index (χ1n) is 7.98. The van der Waals surface area contributed by atoms with Crippen LogP contribution in [0.2, 0.25) is 0 Å². The Bertz CT molecular complexity index is 1000. The summed E-state index contributed by atoms with van der Waals surface area (Å²) in [7, 11) is 1.42. The maximum Gasteiger partial charge on any atom is 0.433 e. The molecule has 2 aromatic heterocycles. The van der Waals surface area contributed by atoms with Crippen LogP contribution in [0.15, 0.2) is 49.1 Å². The molecule has 0 saturated heterocycles. The summed E-state index contributed by atoms with van der Waals surface area (Å²) in [5.41, 5.74) is -0.0179. The van der Waals surface area contributed by atoms with Crippen molar-refractivity contribution in [1.29, 1.82) is 0 Å². The van der Waals surface area contributed by atoms with Gasteiger partial charge in [0, 0.05) is 23.5 Å². The predicted octanol–water partition coefficient (Wildman–Crippen LogP) is 3.04. The number of halogens is 3. The van der Waals surface area contributed by atoms with Gasteiger partial charge < -0.3 is 19.7 Å². The van der Waals surface area contributed by atoms with E-state index < -0.39 is 17.8 Å². The molecule has 7 nitrogen and oxygen atoms in total. The van der Waals surface area contributed by atoms with Crippen LogP contribution in [0.4, 0.5) is 18.9 Å². The number of carbonyl (C=O) groups excluding carboxylic acids is 1. The van der Waals surface area contributed by atoms with Gasteiger partial charge in [0.15, 0.2) is 0 Å². The highest BCUT2D eigenvalue weighted by Crippen LogP contribution is 2.29. The zero-order valence-corrected chi connectivity index (χ0v) is 14.6.